The number of carbonyl (C=O) groups is 1. The molecule has 5 rings (SSSR count). The third-order valence-corrected chi connectivity index (χ3v) is 6.74. The Labute approximate surface area is 155 Å². The molecule has 2 aromatic rings. The second kappa shape index (κ2) is 6.00. The van der Waals surface area contributed by atoms with Crippen LogP contribution in [-0.2, 0) is 11.2 Å². The molecule has 1 aromatic carbocycles. The van der Waals surface area contributed by atoms with Crippen molar-refractivity contribution in [1.82, 2.24) is 9.88 Å². The Morgan fingerprint density at radius 3 is 2.96 bits per heavy atom. The lowest BCUT2D eigenvalue weighted by molar-refractivity contribution is -0.117. The molecule has 0 bridgehead atoms. The Morgan fingerprint density at radius 1 is 1.23 bits per heavy atom. The number of aromatic nitrogens is 1. The third kappa shape index (κ3) is 2.29. The zero-order valence-corrected chi connectivity index (χ0v) is 15.9. The van der Waals surface area contributed by atoms with Gasteiger partial charge < -0.3 is 9.88 Å². The lowest BCUT2D eigenvalue weighted by atomic mass is 9.74. The van der Waals surface area contributed by atoms with Crippen molar-refractivity contribution in [3.8, 4) is 0 Å². The normalized spacial score (nSPS) is 25.3. The first-order valence-corrected chi connectivity index (χ1v) is 10.3. The number of hydrogen-bond donors (Lipinski definition) is 1. The maximum absolute atomic E-state index is 12.7. The predicted octanol–water partition coefficient (Wildman–Crippen LogP) is 5.20. The van der Waals surface area contributed by atoms with Crippen LogP contribution in [0, 0.1) is 12.8 Å². The second-order valence-corrected chi connectivity index (χ2v) is 8.38. The van der Waals surface area contributed by atoms with Gasteiger partial charge in [0, 0.05) is 40.8 Å². The van der Waals surface area contributed by atoms with Gasteiger partial charge in [0.05, 0.1) is 6.04 Å². The molecule has 3 nitrogen and oxygen atoms in total. The molecule has 0 fully saturated rings. The highest BCUT2D eigenvalue weighted by molar-refractivity contribution is 5.97. The van der Waals surface area contributed by atoms with Gasteiger partial charge in [-0.05, 0) is 62.6 Å². The molecule has 1 N–H and O–H groups in total. The summed E-state index contributed by atoms with van der Waals surface area (Å²) in [7, 11) is 0. The Balaban J connectivity index is 1.64. The van der Waals surface area contributed by atoms with E-state index in [1.165, 1.54) is 39.0 Å². The second-order valence-electron chi connectivity index (χ2n) is 8.38. The van der Waals surface area contributed by atoms with Crippen LogP contribution in [0.15, 0.2) is 29.5 Å². The molecule has 3 heteroatoms. The van der Waals surface area contributed by atoms with Crippen LogP contribution >= 0.6 is 0 Å². The first-order valence-electron chi connectivity index (χ1n) is 10.3. The lowest BCUT2D eigenvalue weighted by Gasteiger charge is -2.47. The summed E-state index contributed by atoms with van der Waals surface area (Å²) in [5, 5.41) is 1.41. The van der Waals surface area contributed by atoms with Gasteiger partial charge in [-0.25, -0.2) is 0 Å². The minimum atomic E-state index is 0.424. The van der Waals surface area contributed by atoms with Gasteiger partial charge in [-0.1, -0.05) is 25.0 Å². The van der Waals surface area contributed by atoms with Crippen LogP contribution in [0.2, 0.25) is 0 Å². The van der Waals surface area contributed by atoms with Gasteiger partial charge in [0.2, 0.25) is 0 Å². The van der Waals surface area contributed by atoms with E-state index in [1.807, 2.05) is 0 Å². The Kier molecular flexibility index (Phi) is 3.73. The molecular formula is C23H28N2O. The number of rotatable bonds is 2. The first kappa shape index (κ1) is 16.2. The summed E-state index contributed by atoms with van der Waals surface area (Å²) in [4.78, 5) is 19.1. The standard InChI is InChI=1S/C23H28N2O/c1-3-5-15-13-20-23-16(17-12-14(2)8-9-18(17)24-23)10-11-25(20)19-6-4-7-21(26)22(15)19/h8-9,12,15,20,24H,3-7,10-11,13H2,1-2H3/t15-,20+/m1/s1. The lowest BCUT2D eigenvalue weighted by Crippen LogP contribution is -2.43. The largest absolute Gasteiger partial charge is 0.366 e. The minimum absolute atomic E-state index is 0.424. The van der Waals surface area contributed by atoms with Crippen LogP contribution in [0.4, 0.5) is 0 Å². The van der Waals surface area contributed by atoms with Crippen molar-refractivity contribution in [1.29, 1.82) is 0 Å². The average Bonchev–Trinajstić information content (AvgIpc) is 3.00. The van der Waals surface area contributed by atoms with E-state index < -0.39 is 0 Å². The molecule has 1 aromatic heterocycles. The van der Waals surface area contributed by atoms with E-state index in [0.717, 1.165) is 51.5 Å². The van der Waals surface area contributed by atoms with E-state index in [2.05, 4.69) is 41.9 Å². The SMILES string of the molecule is CCC[C@@H]1C[C@H]2c3[nH]c4ccc(C)cc4c3CCN2C2=C1C(=O)CCC2. The highest BCUT2D eigenvalue weighted by atomic mass is 16.1. The number of benzene rings is 1. The number of Topliss-reactive ketones (excluding diaryl/α,β-unsaturated/α-hetero) is 1. The van der Waals surface area contributed by atoms with Gasteiger partial charge in [0.15, 0.2) is 5.78 Å². The average molecular weight is 348 g/mol. The number of nitrogens with one attached hydrogen (secondary N) is 1. The molecular weight excluding hydrogens is 320 g/mol. The molecule has 1 aliphatic carbocycles. The van der Waals surface area contributed by atoms with Gasteiger partial charge in [-0.3, -0.25) is 4.79 Å². The van der Waals surface area contributed by atoms with Crippen molar-refractivity contribution < 1.29 is 4.79 Å². The van der Waals surface area contributed by atoms with Crippen LogP contribution in [0.25, 0.3) is 10.9 Å². The van der Waals surface area contributed by atoms with Gasteiger partial charge in [-0.2, -0.15) is 0 Å². The molecule has 2 aliphatic heterocycles. The molecule has 0 unspecified atom stereocenters. The van der Waals surface area contributed by atoms with E-state index in [1.54, 1.807) is 0 Å². The first-order chi connectivity index (χ1) is 12.7. The van der Waals surface area contributed by atoms with Crippen LogP contribution in [0.5, 0.6) is 0 Å². The Morgan fingerprint density at radius 2 is 2.12 bits per heavy atom. The van der Waals surface area contributed by atoms with E-state index in [0.29, 0.717) is 17.7 Å². The molecule has 2 atom stereocenters. The highest BCUT2D eigenvalue weighted by Gasteiger charge is 2.42. The minimum Gasteiger partial charge on any atom is -0.366 e. The summed E-state index contributed by atoms with van der Waals surface area (Å²) in [6, 6.07) is 7.19. The molecule has 0 saturated carbocycles. The summed E-state index contributed by atoms with van der Waals surface area (Å²) in [6.07, 6.45) is 7.35. The highest BCUT2D eigenvalue weighted by Crippen LogP contribution is 2.49. The van der Waals surface area contributed by atoms with E-state index in [4.69, 9.17) is 0 Å². The quantitative estimate of drug-likeness (QED) is 0.809. The van der Waals surface area contributed by atoms with Crippen molar-refractivity contribution in [2.75, 3.05) is 6.54 Å². The molecule has 0 radical (unpaired) electrons. The number of ketones is 1. The number of hydrogen-bond acceptors (Lipinski definition) is 2. The van der Waals surface area contributed by atoms with Crippen LogP contribution in [0.3, 0.4) is 0 Å². The predicted molar refractivity (Wildman–Crippen MR) is 105 cm³/mol. The summed E-state index contributed by atoms with van der Waals surface area (Å²) in [6.45, 7) is 5.48. The summed E-state index contributed by atoms with van der Waals surface area (Å²) in [5.41, 5.74) is 8.13. The Hall–Kier alpha value is -2.03. The van der Waals surface area contributed by atoms with Crippen molar-refractivity contribution in [3.63, 3.8) is 0 Å². The topological polar surface area (TPSA) is 36.1 Å². The smallest absolute Gasteiger partial charge is 0.160 e. The number of aryl methyl sites for hydroxylation is 1. The summed E-state index contributed by atoms with van der Waals surface area (Å²) < 4.78 is 0. The molecule has 3 aliphatic rings. The van der Waals surface area contributed by atoms with Gasteiger partial charge in [0.1, 0.15) is 0 Å². The van der Waals surface area contributed by atoms with Crippen molar-refractivity contribution in [2.45, 2.75) is 64.8 Å². The molecule has 3 heterocycles. The summed E-state index contributed by atoms with van der Waals surface area (Å²) >= 11 is 0. The Bertz CT molecular complexity index is 920. The van der Waals surface area contributed by atoms with Crippen molar-refractivity contribution in [2.24, 2.45) is 5.92 Å². The zero-order valence-electron chi connectivity index (χ0n) is 15.9. The number of fused-ring (bicyclic) bond motifs is 6. The zero-order chi connectivity index (χ0) is 17.8. The van der Waals surface area contributed by atoms with Crippen molar-refractivity contribution >= 4 is 16.7 Å². The molecule has 0 spiro atoms. The maximum atomic E-state index is 12.7. The van der Waals surface area contributed by atoms with Crippen molar-refractivity contribution in [3.05, 3.63) is 46.3 Å². The van der Waals surface area contributed by atoms with E-state index in [9.17, 15) is 4.79 Å². The fourth-order valence-electron chi connectivity index (χ4n) is 5.65. The molecule has 0 saturated heterocycles. The number of nitrogens with zero attached hydrogens (tertiary/aromatic N) is 1. The third-order valence-electron chi connectivity index (χ3n) is 6.74. The van der Waals surface area contributed by atoms with E-state index in [-0.39, 0.29) is 0 Å². The maximum Gasteiger partial charge on any atom is 0.160 e. The number of H-pyrrole nitrogens is 1. The van der Waals surface area contributed by atoms with Gasteiger partial charge in [-0.15, -0.1) is 0 Å². The van der Waals surface area contributed by atoms with Crippen LogP contribution < -0.4 is 0 Å². The van der Waals surface area contributed by atoms with Gasteiger partial charge in [0.25, 0.3) is 0 Å². The number of carbonyl (C=O) groups excluding carboxylic acids is 1. The number of aromatic amines is 1. The van der Waals surface area contributed by atoms with Crippen LogP contribution in [0.1, 0.15) is 68.3 Å². The molecule has 0 amide bonds. The number of allylic oxidation sites excluding steroid dienone is 2. The fraction of sp³-hybridized carbons (Fsp3) is 0.522. The summed E-state index contributed by atoms with van der Waals surface area (Å²) in [5.74, 6) is 0.879. The monoisotopic (exact) mass is 348 g/mol. The van der Waals surface area contributed by atoms with E-state index >= 15 is 0 Å². The van der Waals surface area contributed by atoms with Gasteiger partial charge >= 0.3 is 0 Å². The molecule has 26 heavy (non-hydrogen) atoms. The molecule has 136 valence electrons. The van der Waals surface area contributed by atoms with Crippen LogP contribution in [-0.4, -0.2) is 22.2 Å². The fourth-order valence-corrected chi connectivity index (χ4v) is 5.65.